The van der Waals surface area contributed by atoms with E-state index in [0.29, 0.717) is 0 Å². The second kappa shape index (κ2) is 7.81. The number of carboxylic acids is 2. The molecule has 18 heavy (non-hydrogen) atoms. The molecule has 1 unspecified atom stereocenters. The van der Waals surface area contributed by atoms with Gasteiger partial charge in [0.1, 0.15) is 0 Å². The molecule has 104 valence electrons. The zero-order valence-corrected chi connectivity index (χ0v) is 8.64. The van der Waals surface area contributed by atoms with E-state index in [1.54, 1.807) is 0 Å². The Hall–Kier alpha value is -2.40. The molecular weight excluding hydrogens is 260 g/mol. The van der Waals surface area contributed by atoms with Gasteiger partial charge in [-0.15, -0.1) is 0 Å². The van der Waals surface area contributed by atoms with E-state index in [2.05, 4.69) is 4.89 Å². The fraction of sp³-hybridized carbons (Fsp3) is 0.429. The molecule has 0 aliphatic heterocycles. The van der Waals surface area contributed by atoms with Crippen molar-refractivity contribution in [2.45, 2.75) is 18.4 Å². The molecule has 0 fully saturated rings. The third-order valence-electron chi connectivity index (χ3n) is 1.38. The molecule has 0 aromatic heterocycles. The molecule has 11 nitrogen and oxygen atoms in total. The van der Waals surface area contributed by atoms with Crippen LogP contribution >= 0.6 is 0 Å². The minimum Gasteiger partial charge on any atom is -0.481 e. The number of hydrogen-bond acceptors (Lipinski definition) is 7. The van der Waals surface area contributed by atoms with Crippen LogP contribution in [-0.4, -0.2) is 60.5 Å². The topological polar surface area (TPSA) is 199 Å². The van der Waals surface area contributed by atoms with Crippen LogP contribution < -0.4 is 0 Å². The SMILES string of the molecule is O=C(O)CC(O)(CC(=O)OO)C(=O)O.O=C(O)O. The standard InChI is InChI=1S/C6H8O8.CH2O3/c7-3(8)1-6(12,5(10)11)2-4(9)14-13;2-1(3)4/h12-13H,1-2H2,(H,7,8)(H,10,11);(H2,2,3,4). The summed E-state index contributed by atoms with van der Waals surface area (Å²) in [6.07, 6.45) is -4.15. The molecular formula is C7H10O11. The highest BCUT2D eigenvalue weighted by Gasteiger charge is 2.41. The van der Waals surface area contributed by atoms with Crippen LogP contribution in [-0.2, 0) is 19.3 Å². The maximum Gasteiger partial charge on any atom is 0.503 e. The highest BCUT2D eigenvalue weighted by atomic mass is 17.1. The summed E-state index contributed by atoms with van der Waals surface area (Å²) in [6.45, 7) is 0. The molecule has 0 aliphatic carbocycles. The summed E-state index contributed by atoms with van der Waals surface area (Å²) in [6, 6.07) is 0. The smallest absolute Gasteiger partial charge is 0.481 e. The lowest BCUT2D eigenvalue weighted by atomic mass is 9.96. The molecule has 0 radical (unpaired) electrons. The van der Waals surface area contributed by atoms with Crippen molar-refractivity contribution in [3.63, 3.8) is 0 Å². The van der Waals surface area contributed by atoms with Crippen molar-refractivity contribution in [3.8, 4) is 0 Å². The van der Waals surface area contributed by atoms with Crippen LogP contribution in [0.5, 0.6) is 0 Å². The van der Waals surface area contributed by atoms with Gasteiger partial charge in [0.05, 0.1) is 12.8 Å². The van der Waals surface area contributed by atoms with Gasteiger partial charge in [0.15, 0.2) is 5.60 Å². The molecule has 0 aromatic carbocycles. The molecule has 11 heteroatoms. The van der Waals surface area contributed by atoms with Crippen molar-refractivity contribution >= 4 is 24.1 Å². The minimum atomic E-state index is -2.77. The van der Waals surface area contributed by atoms with Crippen LogP contribution in [0.2, 0.25) is 0 Å². The third kappa shape index (κ3) is 8.87. The van der Waals surface area contributed by atoms with Crippen molar-refractivity contribution in [3.05, 3.63) is 0 Å². The maximum atomic E-state index is 10.4. The Balaban J connectivity index is 0. The summed E-state index contributed by atoms with van der Waals surface area (Å²) in [5.41, 5.74) is -2.77. The van der Waals surface area contributed by atoms with Gasteiger partial charge in [-0.2, -0.15) is 5.26 Å². The first-order valence-corrected chi connectivity index (χ1v) is 3.99. The quantitative estimate of drug-likeness (QED) is 0.261. The van der Waals surface area contributed by atoms with E-state index in [-0.39, 0.29) is 0 Å². The van der Waals surface area contributed by atoms with E-state index in [1.807, 2.05) is 0 Å². The summed E-state index contributed by atoms with van der Waals surface area (Å²) in [5, 5.41) is 47.6. The highest BCUT2D eigenvalue weighted by molar-refractivity contribution is 5.88. The Morgan fingerprint density at radius 1 is 0.944 bits per heavy atom. The lowest BCUT2D eigenvalue weighted by molar-refractivity contribution is -0.238. The van der Waals surface area contributed by atoms with Crippen LogP contribution in [0.4, 0.5) is 4.79 Å². The van der Waals surface area contributed by atoms with Gasteiger partial charge in [0.2, 0.25) is 0 Å². The summed E-state index contributed by atoms with van der Waals surface area (Å²) in [7, 11) is 0. The molecule has 0 bridgehead atoms. The summed E-state index contributed by atoms with van der Waals surface area (Å²) < 4.78 is 0. The van der Waals surface area contributed by atoms with Gasteiger partial charge in [-0.1, -0.05) is 0 Å². The fourth-order valence-electron chi connectivity index (χ4n) is 0.735. The van der Waals surface area contributed by atoms with E-state index in [1.165, 1.54) is 0 Å². The fourth-order valence-corrected chi connectivity index (χ4v) is 0.735. The number of carbonyl (C=O) groups is 4. The first kappa shape index (κ1) is 18.0. The largest absolute Gasteiger partial charge is 0.503 e. The monoisotopic (exact) mass is 270 g/mol. The van der Waals surface area contributed by atoms with E-state index >= 15 is 0 Å². The van der Waals surface area contributed by atoms with E-state index in [0.717, 1.165) is 0 Å². The Kier molecular flexibility index (Phi) is 7.80. The zero-order valence-electron chi connectivity index (χ0n) is 8.64. The highest BCUT2D eigenvalue weighted by Crippen LogP contribution is 2.16. The van der Waals surface area contributed by atoms with Gasteiger partial charge in [-0.3, -0.25) is 4.79 Å². The van der Waals surface area contributed by atoms with Crippen LogP contribution in [0.3, 0.4) is 0 Å². The predicted octanol–water partition coefficient (Wildman–Crippen LogP) is -1.09. The lowest BCUT2D eigenvalue weighted by Gasteiger charge is -2.18. The van der Waals surface area contributed by atoms with Crippen LogP contribution in [0, 0.1) is 0 Å². The van der Waals surface area contributed by atoms with Crippen molar-refractivity contribution < 1.29 is 54.9 Å². The van der Waals surface area contributed by atoms with Crippen LogP contribution in [0.25, 0.3) is 0 Å². The van der Waals surface area contributed by atoms with Crippen LogP contribution in [0.1, 0.15) is 12.8 Å². The average molecular weight is 270 g/mol. The second-order valence-corrected chi connectivity index (χ2v) is 2.83. The molecule has 0 saturated heterocycles. The Morgan fingerprint density at radius 3 is 1.56 bits per heavy atom. The number of carbonyl (C=O) groups excluding carboxylic acids is 1. The van der Waals surface area contributed by atoms with Gasteiger partial charge in [0.25, 0.3) is 0 Å². The molecule has 0 saturated carbocycles. The molecule has 0 aliphatic rings. The van der Waals surface area contributed by atoms with Crippen molar-refractivity contribution in [1.82, 2.24) is 0 Å². The molecule has 0 amide bonds. The third-order valence-corrected chi connectivity index (χ3v) is 1.38. The zero-order chi connectivity index (χ0) is 14.9. The van der Waals surface area contributed by atoms with Gasteiger partial charge < -0.3 is 30.4 Å². The van der Waals surface area contributed by atoms with Crippen LogP contribution in [0.15, 0.2) is 0 Å². The molecule has 6 N–H and O–H groups in total. The number of aliphatic carboxylic acids is 2. The Bertz CT molecular complexity index is 330. The minimum absolute atomic E-state index is 1.15. The van der Waals surface area contributed by atoms with Crippen molar-refractivity contribution in [2.24, 2.45) is 0 Å². The van der Waals surface area contributed by atoms with Crippen molar-refractivity contribution in [1.29, 1.82) is 0 Å². The van der Waals surface area contributed by atoms with Crippen molar-refractivity contribution in [2.75, 3.05) is 0 Å². The van der Waals surface area contributed by atoms with Gasteiger partial charge >= 0.3 is 24.1 Å². The van der Waals surface area contributed by atoms with Gasteiger partial charge in [-0.25, -0.2) is 14.4 Å². The van der Waals surface area contributed by atoms with Gasteiger partial charge in [0, 0.05) is 0 Å². The molecule has 0 spiro atoms. The number of aliphatic hydroxyl groups is 1. The predicted molar refractivity (Wildman–Crippen MR) is 48.8 cm³/mol. The number of carboxylic acid groups (broad SMARTS) is 4. The molecule has 1 atom stereocenters. The maximum absolute atomic E-state index is 10.4. The Morgan fingerprint density at radius 2 is 1.33 bits per heavy atom. The van der Waals surface area contributed by atoms with E-state index < -0.39 is 42.5 Å². The number of hydrogen-bond donors (Lipinski definition) is 6. The molecule has 0 heterocycles. The Labute approximate surface area is 98.4 Å². The first-order chi connectivity index (χ1) is 8.05. The normalized spacial score (nSPS) is 12.3. The van der Waals surface area contributed by atoms with Gasteiger partial charge in [-0.05, 0) is 0 Å². The number of rotatable bonds is 5. The lowest BCUT2D eigenvalue weighted by Crippen LogP contribution is -2.43. The second-order valence-electron chi connectivity index (χ2n) is 2.83. The average Bonchev–Trinajstić information content (AvgIpc) is 2.14. The first-order valence-electron chi connectivity index (χ1n) is 3.99. The summed E-state index contributed by atoms with van der Waals surface area (Å²) in [4.78, 5) is 42.7. The van der Waals surface area contributed by atoms with E-state index in [9.17, 15) is 14.4 Å². The van der Waals surface area contributed by atoms with E-state index in [4.69, 9.17) is 35.6 Å². The summed E-state index contributed by atoms with van der Waals surface area (Å²) >= 11 is 0. The molecule has 0 aromatic rings. The molecule has 0 rings (SSSR count). The summed E-state index contributed by atoms with van der Waals surface area (Å²) in [5.74, 6) is -4.91.